The van der Waals surface area contributed by atoms with Crippen molar-refractivity contribution < 1.29 is 19.4 Å². The highest BCUT2D eigenvalue weighted by Gasteiger charge is 2.37. The number of hydrogen-bond acceptors (Lipinski definition) is 4. The molecule has 0 aromatic heterocycles. The second kappa shape index (κ2) is 6.69. The number of ether oxygens (including phenoxy) is 1. The number of amides is 1. The first kappa shape index (κ1) is 15.5. The van der Waals surface area contributed by atoms with Crippen LogP contribution in [0.1, 0.15) is 18.9 Å². The summed E-state index contributed by atoms with van der Waals surface area (Å²) in [6.07, 6.45) is 0.190. The fourth-order valence-electron chi connectivity index (χ4n) is 2.33. The van der Waals surface area contributed by atoms with Gasteiger partial charge in [-0.25, -0.2) is 4.79 Å². The van der Waals surface area contributed by atoms with E-state index in [1.54, 1.807) is 30.3 Å². The average Bonchev–Trinajstić information content (AvgIpc) is 2.48. The fourth-order valence-corrected chi connectivity index (χ4v) is 2.33. The normalized spacial score (nSPS) is 21.3. The molecule has 114 valence electrons. The lowest BCUT2D eigenvalue weighted by Crippen LogP contribution is -2.52. The molecule has 3 N–H and O–H groups in total. The Kier molecular flexibility index (Phi) is 4.93. The quantitative estimate of drug-likeness (QED) is 0.735. The van der Waals surface area contributed by atoms with Gasteiger partial charge in [0, 0.05) is 19.0 Å². The third-order valence-corrected chi connectivity index (χ3v) is 3.60. The molecule has 0 aliphatic carbocycles. The lowest BCUT2D eigenvalue weighted by Gasteiger charge is -2.29. The third kappa shape index (κ3) is 3.80. The minimum Gasteiger partial charge on any atom is -0.479 e. The van der Waals surface area contributed by atoms with E-state index in [2.05, 4.69) is 10.6 Å². The lowest BCUT2D eigenvalue weighted by molar-refractivity contribution is -0.147. The van der Waals surface area contributed by atoms with Gasteiger partial charge in [0.25, 0.3) is 0 Å². The van der Waals surface area contributed by atoms with Crippen LogP contribution in [0.2, 0.25) is 0 Å². The number of rotatable bonds is 5. The van der Waals surface area contributed by atoms with Gasteiger partial charge in [-0.1, -0.05) is 30.3 Å². The maximum Gasteiger partial charge on any atom is 0.333 e. The Hall–Kier alpha value is -1.92. The van der Waals surface area contributed by atoms with Crippen LogP contribution in [0.5, 0.6) is 0 Å². The molecule has 0 spiro atoms. The van der Waals surface area contributed by atoms with Crippen LogP contribution < -0.4 is 10.6 Å². The van der Waals surface area contributed by atoms with Gasteiger partial charge < -0.3 is 20.5 Å². The molecule has 0 bridgehead atoms. The van der Waals surface area contributed by atoms with Gasteiger partial charge in [0.2, 0.25) is 5.91 Å². The second-order valence-electron chi connectivity index (χ2n) is 5.27. The molecule has 1 heterocycles. The van der Waals surface area contributed by atoms with Crippen LogP contribution in [-0.4, -0.2) is 42.8 Å². The maximum atomic E-state index is 12.1. The molecule has 2 atom stereocenters. The molecule has 2 unspecified atom stereocenters. The Bertz CT molecular complexity index is 500. The monoisotopic (exact) mass is 292 g/mol. The number of morpholine rings is 1. The van der Waals surface area contributed by atoms with E-state index in [9.17, 15) is 14.7 Å². The SMILES string of the molecule is CC(NC(=O)CC1COCCN1)(C(=O)O)c1ccccc1. The van der Waals surface area contributed by atoms with Crippen LogP contribution in [0.4, 0.5) is 0 Å². The zero-order chi connectivity index (χ0) is 15.3. The van der Waals surface area contributed by atoms with Crippen molar-refractivity contribution in [2.75, 3.05) is 19.8 Å². The molecule has 1 fully saturated rings. The van der Waals surface area contributed by atoms with Gasteiger partial charge in [-0.05, 0) is 12.5 Å². The van der Waals surface area contributed by atoms with E-state index in [1.165, 1.54) is 6.92 Å². The van der Waals surface area contributed by atoms with Crippen LogP contribution in [0.25, 0.3) is 0 Å². The van der Waals surface area contributed by atoms with Crippen LogP contribution in [0.3, 0.4) is 0 Å². The molecule has 1 saturated heterocycles. The van der Waals surface area contributed by atoms with Crippen molar-refractivity contribution in [3.63, 3.8) is 0 Å². The summed E-state index contributed by atoms with van der Waals surface area (Å²) in [5, 5.41) is 15.3. The van der Waals surface area contributed by atoms with Crippen molar-refractivity contribution >= 4 is 11.9 Å². The molecule has 1 aliphatic rings. The summed E-state index contributed by atoms with van der Waals surface area (Å²) >= 11 is 0. The van der Waals surface area contributed by atoms with Crippen LogP contribution in [-0.2, 0) is 19.9 Å². The molecule has 2 rings (SSSR count). The number of aliphatic carboxylic acids is 1. The van der Waals surface area contributed by atoms with E-state index in [1.807, 2.05) is 0 Å². The molecule has 1 aromatic carbocycles. The first-order valence-electron chi connectivity index (χ1n) is 6.93. The molecule has 6 heteroatoms. The van der Waals surface area contributed by atoms with Gasteiger partial charge >= 0.3 is 5.97 Å². The van der Waals surface area contributed by atoms with Crippen molar-refractivity contribution in [3.8, 4) is 0 Å². The zero-order valence-electron chi connectivity index (χ0n) is 12.0. The van der Waals surface area contributed by atoms with Gasteiger partial charge in [-0.15, -0.1) is 0 Å². The lowest BCUT2D eigenvalue weighted by atomic mass is 9.91. The molecule has 21 heavy (non-hydrogen) atoms. The van der Waals surface area contributed by atoms with Crippen molar-refractivity contribution in [2.45, 2.75) is 24.9 Å². The summed E-state index contributed by atoms with van der Waals surface area (Å²) in [5.41, 5.74) is -0.896. The number of nitrogens with one attached hydrogen (secondary N) is 2. The van der Waals surface area contributed by atoms with Crippen LogP contribution >= 0.6 is 0 Å². The summed E-state index contributed by atoms with van der Waals surface area (Å²) < 4.78 is 5.29. The first-order chi connectivity index (χ1) is 10.0. The number of carboxylic acids is 1. The summed E-state index contributed by atoms with van der Waals surface area (Å²) in [7, 11) is 0. The van der Waals surface area contributed by atoms with E-state index in [-0.39, 0.29) is 18.4 Å². The topological polar surface area (TPSA) is 87.7 Å². The van der Waals surface area contributed by atoms with Crippen molar-refractivity contribution in [1.29, 1.82) is 0 Å². The molecule has 1 aliphatic heterocycles. The molecule has 0 radical (unpaired) electrons. The molecular formula is C15H20N2O4. The van der Waals surface area contributed by atoms with E-state index in [0.29, 0.717) is 25.3 Å². The van der Waals surface area contributed by atoms with Crippen molar-refractivity contribution in [3.05, 3.63) is 35.9 Å². The van der Waals surface area contributed by atoms with E-state index in [4.69, 9.17) is 4.74 Å². The van der Waals surface area contributed by atoms with E-state index in [0.717, 1.165) is 0 Å². The summed E-state index contributed by atoms with van der Waals surface area (Å²) in [6, 6.07) is 8.61. The van der Waals surface area contributed by atoms with Gasteiger partial charge in [0.15, 0.2) is 5.54 Å². The predicted molar refractivity (Wildman–Crippen MR) is 76.8 cm³/mol. The number of hydrogen-bond donors (Lipinski definition) is 3. The smallest absolute Gasteiger partial charge is 0.333 e. The first-order valence-corrected chi connectivity index (χ1v) is 6.93. The minimum atomic E-state index is -1.44. The minimum absolute atomic E-state index is 0.0763. The van der Waals surface area contributed by atoms with Crippen LogP contribution in [0.15, 0.2) is 30.3 Å². The molecule has 6 nitrogen and oxygen atoms in total. The summed E-state index contributed by atoms with van der Waals surface area (Å²) in [4.78, 5) is 23.7. The molecule has 1 aromatic rings. The highest BCUT2D eigenvalue weighted by Crippen LogP contribution is 2.21. The number of carboxylic acid groups (broad SMARTS) is 1. The van der Waals surface area contributed by atoms with Gasteiger partial charge in [-0.2, -0.15) is 0 Å². The predicted octanol–water partition coefficient (Wildman–Crippen LogP) is 0.481. The third-order valence-electron chi connectivity index (χ3n) is 3.60. The number of carbonyl (C=O) groups is 2. The van der Waals surface area contributed by atoms with Crippen LogP contribution in [0, 0.1) is 0 Å². The van der Waals surface area contributed by atoms with E-state index >= 15 is 0 Å². The highest BCUT2D eigenvalue weighted by atomic mass is 16.5. The van der Waals surface area contributed by atoms with Crippen molar-refractivity contribution in [2.24, 2.45) is 0 Å². The second-order valence-corrected chi connectivity index (χ2v) is 5.27. The Morgan fingerprint density at radius 3 is 2.71 bits per heavy atom. The Balaban J connectivity index is 2.05. The standard InChI is InChI=1S/C15H20N2O4/c1-15(14(19)20,11-5-3-2-4-6-11)17-13(18)9-12-10-21-8-7-16-12/h2-6,12,16H,7-10H2,1H3,(H,17,18)(H,19,20). The molecule has 0 saturated carbocycles. The Morgan fingerprint density at radius 1 is 1.43 bits per heavy atom. The van der Waals surface area contributed by atoms with E-state index < -0.39 is 11.5 Å². The van der Waals surface area contributed by atoms with Gasteiger partial charge in [-0.3, -0.25) is 4.79 Å². The average molecular weight is 292 g/mol. The fraction of sp³-hybridized carbons (Fsp3) is 0.467. The zero-order valence-corrected chi connectivity index (χ0v) is 12.0. The largest absolute Gasteiger partial charge is 0.479 e. The summed E-state index contributed by atoms with van der Waals surface area (Å²) in [6.45, 7) is 3.29. The summed E-state index contributed by atoms with van der Waals surface area (Å²) in [5.74, 6) is -1.40. The highest BCUT2D eigenvalue weighted by molar-refractivity contribution is 5.88. The van der Waals surface area contributed by atoms with Crippen molar-refractivity contribution in [1.82, 2.24) is 10.6 Å². The Morgan fingerprint density at radius 2 is 2.14 bits per heavy atom. The number of carbonyl (C=O) groups excluding carboxylic acids is 1. The Labute approximate surface area is 123 Å². The van der Waals surface area contributed by atoms with Gasteiger partial charge in [0.05, 0.1) is 13.2 Å². The maximum absolute atomic E-state index is 12.1. The molecular weight excluding hydrogens is 272 g/mol. The van der Waals surface area contributed by atoms with Gasteiger partial charge in [0.1, 0.15) is 0 Å². The number of benzene rings is 1. The molecule has 1 amide bonds.